The summed E-state index contributed by atoms with van der Waals surface area (Å²) in [6.07, 6.45) is 4.61. The van der Waals surface area contributed by atoms with Gasteiger partial charge in [-0.25, -0.2) is 0 Å². The van der Waals surface area contributed by atoms with Crippen molar-refractivity contribution in [3.05, 3.63) is 57.8 Å². The van der Waals surface area contributed by atoms with Gasteiger partial charge in [-0.1, -0.05) is 12.1 Å². The van der Waals surface area contributed by atoms with Crippen LogP contribution in [0.25, 0.3) is 17.4 Å². The Labute approximate surface area is 203 Å². The molecule has 1 N–H and O–H groups in total. The number of nitrogens with zero attached hydrogens (tertiary/aromatic N) is 5. The van der Waals surface area contributed by atoms with E-state index in [2.05, 4.69) is 10.1 Å². The molecule has 0 spiro atoms. The molecule has 1 saturated heterocycles. The van der Waals surface area contributed by atoms with Crippen molar-refractivity contribution in [2.45, 2.75) is 25.7 Å². The van der Waals surface area contributed by atoms with Crippen LogP contribution >= 0.6 is 11.8 Å². The molecule has 0 radical (unpaired) electrons. The van der Waals surface area contributed by atoms with E-state index in [9.17, 15) is 19.7 Å². The first-order valence-corrected chi connectivity index (χ1v) is 11.8. The number of rotatable bonds is 5. The molecule has 12 heteroatoms. The quantitative estimate of drug-likeness (QED) is 0.379. The van der Waals surface area contributed by atoms with Gasteiger partial charge in [-0.2, -0.15) is 15.1 Å². The number of amides is 2. The van der Waals surface area contributed by atoms with Gasteiger partial charge in [-0.15, -0.1) is 0 Å². The number of nitro groups is 1. The van der Waals surface area contributed by atoms with Gasteiger partial charge in [0.15, 0.2) is 5.84 Å². The van der Waals surface area contributed by atoms with Gasteiger partial charge in [-0.05, 0) is 49.2 Å². The molecule has 178 valence electrons. The minimum Gasteiger partial charge on any atom is -0.457 e. The first kappa shape index (κ1) is 22.7. The largest absolute Gasteiger partial charge is 0.457 e. The number of hydrogen-bond donors (Lipinski definition) is 1. The molecule has 0 aliphatic carbocycles. The fourth-order valence-electron chi connectivity index (χ4n) is 3.99. The zero-order valence-corrected chi connectivity index (χ0v) is 19.3. The fourth-order valence-corrected chi connectivity index (χ4v) is 4.86. The summed E-state index contributed by atoms with van der Waals surface area (Å²) >= 11 is 1.12. The second kappa shape index (κ2) is 9.29. The molecule has 2 amide bonds. The second-order valence-electron chi connectivity index (χ2n) is 8.14. The van der Waals surface area contributed by atoms with Crippen LogP contribution in [0.3, 0.4) is 0 Å². The third kappa shape index (κ3) is 4.64. The van der Waals surface area contributed by atoms with Crippen LogP contribution in [0.15, 0.2) is 56.5 Å². The van der Waals surface area contributed by atoms with Crippen LogP contribution in [0.4, 0.5) is 5.69 Å². The normalized spacial score (nSPS) is 19.0. The average Bonchev–Trinajstić information content (AvgIpc) is 3.49. The fraction of sp³-hybridized carbons (Fsp3) is 0.261. The van der Waals surface area contributed by atoms with Crippen LogP contribution in [0.1, 0.15) is 31.4 Å². The van der Waals surface area contributed by atoms with Crippen molar-refractivity contribution in [1.82, 2.24) is 9.91 Å². The van der Waals surface area contributed by atoms with Crippen molar-refractivity contribution in [1.29, 1.82) is 5.41 Å². The summed E-state index contributed by atoms with van der Waals surface area (Å²) in [5.41, 5.74) is 0.434. The molecule has 4 heterocycles. The number of piperidine rings is 1. The summed E-state index contributed by atoms with van der Waals surface area (Å²) in [4.78, 5) is 41.6. The molecule has 35 heavy (non-hydrogen) atoms. The highest BCUT2D eigenvalue weighted by molar-refractivity contribution is 8.27. The first-order valence-electron chi connectivity index (χ1n) is 11.0. The van der Waals surface area contributed by atoms with Crippen LogP contribution in [-0.4, -0.2) is 55.8 Å². The molecule has 0 unspecified atom stereocenters. The lowest BCUT2D eigenvalue weighted by Gasteiger charge is -2.26. The number of amidine groups is 2. The topological polar surface area (TPSA) is 145 Å². The Kier molecular flexibility index (Phi) is 6.03. The molecule has 3 aliphatic heterocycles. The van der Waals surface area contributed by atoms with Gasteiger partial charge < -0.3 is 9.32 Å². The average molecular weight is 493 g/mol. The Hall–Kier alpha value is -4.06. The number of thioether (sulfide) groups is 1. The highest BCUT2D eigenvalue weighted by Crippen LogP contribution is 2.31. The number of benzene rings is 1. The van der Waals surface area contributed by atoms with Gasteiger partial charge in [-0.3, -0.25) is 25.1 Å². The molecular formula is C23H20N6O5S. The summed E-state index contributed by atoms with van der Waals surface area (Å²) in [5.74, 6) is -0.126. The Morgan fingerprint density at radius 3 is 2.80 bits per heavy atom. The van der Waals surface area contributed by atoms with E-state index in [0.717, 1.165) is 44.1 Å². The third-order valence-corrected chi connectivity index (χ3v) is 6.67. The van der Waals surface area contributed by atoms with Crippen molar-refractivity contribution in [2.75, 3.05) is 13.1 Å². The number of non-ortho nitro benzene ring substituents is 1. The monoisotopic (exact) mass is 492 g/mol. The molecule has 2 aromatic rings. The first-order chi connectivity index (χ1) is 16.9. The van der Waals surface area contributed by atoms with Gasteiger partial charge in [0.05, 0.1) is 16.9 Å². The maximum Gasteiger partial charge on any atom is 0.283 e. The summed E-state index contributed by atoms with van der Waals surface area (Å²) in [7, 11) is 0. The SMILES string of the molecule is N=C1C(=Cc2ccc(-c3cccc([N+](=O)[O-])c3)o2)C(=O)N=C2SC(CC(=O)N3CCCCC3)=NN12. The molecule has 1 aromatic heterocycles. The minimum atomic E-state index is -0.610. The lowest BCUT2D eigenvalue weighted by molar-refractivity contribution is -0.384. The van der Waals surface area contributed by atoms with Gasteiger partial charge in [0.2, 0.25) is 11.1 Å². The number of furan rings is 1. The van der Waals surface area contributed by atoms with Gasteiger partial charge in [0, 0.05) is 30.8 Å². The van der Waals surface area contributed by atoms with Crippen LogP contribution in [-0.2, 0) is 9.59 Å². The number of carbonyl (C=O) groups excluding carboxylic acids is 2. The third-order valence-electron chi connectivity index (χ3n) is 5.76. The predicted molar refractivity (Wildman–Crippen MR) is 131 cm³/mol. The molecule has 1 aromatic carbocycles. The standard InChI is InChI=1S/C23H20N6O5S/c24-21-17(12-16-7-8-18(34-16)14-5-4-6-15(11-14)29(32)33)22(31)25-23-28(21)26-19(35-23)13-20(30)27-9-2-1-3-10-27/h4-8,11-12,24H,1-3,9-10,13H2. The van der Waals surface area contributed by atoms with Gasteiger partial charge in [0.25, 0.3) is 11.6 Å². The van der Waals surface area contributed by atoms with E-state index in [1.807, 2.05) is 4.90 Å². The Morgan fingerprint density at radius 2 is 2.03 bits per heavy atom. The van der Waals surface area contributed by atoms with Crippen molar-refractivity contribution in [2.24, 2.45) is 10.1 Å². The molecule has 0 atom stereocenters. The van der Waals surface area contributed by atoms with Crippen LogP contribution in [0.2, 0.25) is 0 Å². The van der Waals surface area contributed by atoms with E-state index in [-0.39, 0.29) is 40.4 Å². The van der Waals surface area contributed by atoms with Crippen molar-refractivity contribution in [3.8, 4) is 11.3 Å². The van der Waals surface area contributed by atoms with E-state index in [4.69, 9.17) is 9.83 Å². The smallest absolute Gasteiger partial charge is 0.283 e. The number of hydrazone groups is 1. The number of aliphatic imine (C=N–C) groups is 1. The highest BCUT2D eigenvalue weighted by atomic mass is 32.2. The summed E-state index contributed by atoms with van der Waals surface area (Å²) < 4.78 is 5.75. The van der Waals surface area contributed by atoms with Crippen molar-refractivity contribution in [3.63, 3.8) is 0 Å². The lowest BCUT2D eigenvalue weighted by atomic mass is 10.1. The summed E-state index contributed by atoms with van der Waals surface area (Å²) in [6.45, 7) is 1.48. The zero-order chi connectivity index (χ0) is 24.5. The molecular weight excluding hydrogens is 472 g/mol. The number of carbonyl (C=O) groups is 2. The lowest BCUT2D eigenvalue weighted by Crippen LogP contribution is -2.36. The van der Waals surface area contributed by atoms with Gasteiger partial charge in [0.1, 0.15) is 16.6 Å². The van der Waals surface area contributed by atoms with Crippen LogP contribution in [0, 0.1) is 15.5 Å². The molecule has 0 bridgehead atoms. The highest BCUT2D eigenvalue weighted by Gasteiger charge is 2.36. The van der Waals surface area contributed by atoms with E-state index < -0.39 is 10.8 Å². The van der Waals surface area contributed by atoms with E-state index in [1.54, 1.807) is 24.3 Å². The van der Waals surface area contributed by atoms with E-state index in [0.29, 0.717) is 16.4 Å². The molecule has 5 rings (SSSR count). The number of likely N-dealkylation sites (tertiary alicyclic amines) is 1. The summed E-state index contributed by atoms with van der Waals surface area (Å²) in [5, 5.41) is 25.9. The molecule has 11 nitrogen and oxygen atoms in total. The predicted octanol–water partition coefficient (Wildman–Crippen LogP) is 3.88. The molecule has 0 saturated carbocycles. The summed E-state index contributed by atoms with van der Waals surface area (Å²) in [6, 6.07) is 9.24. The second-order valence-corrected chi connectivity index (χ2v) is 9.18. The minimum absolute atomic E-state index is 0.0124. The van der Waals surface area contributed by atoms with E-state index in [1.165, 1.54) is 23.2 Å². The maximum atomic E-state index is 12.6. The van der Waals surface area contributed by atoms with Crippen molar-refractivity contribution < 1.29 is 18.9 Å². The Balaban J connectivity index is 1.33. The molecule has 1 fully saturated rings. The van der Waals surface area contributed by atoms with Gasteiger partial charge >= 0.3 is 0 Å². The van der Waals surface area contributed by atoms with Crippen molar-refractivity contribution >= 4 is 51.4 Å². The molecule has 3 aliphatic rings. The van der Waals surface area contributed by atoms with E-state index >= 15 is 0 Å². The Morgan fingerprint density at radius 1 is 1.23 bits per heavy atom. The maximum absolute atomic E-state index is 12.6. The van der Waals surface area contributed by atoms with Crippen LogP contribution in [0.5, 0.6) is 0 Å². The number of nitro benzene ring substituents is 1. The Bertz CT molecular complexity index is 1340. The number of hydrogen-bond acceptors (Lipinski definition) is 8. The van der Waals surface area contributed by atoms with Crippen LogP contribution < -0.4 is 0 Å². The zero-order valence-electron chi connectivity index (χ0n) is 18.5. The number of fused-ring (bicyclic) bond motifs is 1. The number of nitrogens with one attached hydrogen (secondary N) is 1.